The smallest absolute Gasteiger partial charge is 0.251 e. The molecule has 4 rings (SSSR count). The Kier molecular flexibility index (Phi) is 5.98. The van der Waals surface area contributed by atoms with Crippen molar-refractivity contribution in [1.29, 1.82) is 0 Å². The highest BCUT2D eigenvalue weighted by molar-refractivity contribution is 9.10. The van der Waals surface area contributed by atoms with Crippen molar-refractivity contribution >= 4 is 42.6 Å². The summed E-state index contributed by atoms with van der Waals surface area (Å²) in [5.41, 5.74) is 2.32. The molecule has 32 heavy (non-hydrogen) atoms. The molecule has 3 heterocycles. The van der Waals surface area contributed by atoms with Gasteiger partial charge in [-0.1, -0.05) is 6.07 Å². The van der Waals surface area contributed by atoms with Crippen molar-refractivity contribution in [2.24, 2.45) is 0 Å². The summed E-state index contributed by atoms with van der Waals surface area (Å²) in [5.74, 6) is -1.02. The second-order valence-corrected chi connectivity index (χ2v) is 9.85. The molecule has 3 aromatic heterocycles. The molecule has 4 aromatic rings. The quantitative estimate of drug-likeness (QED) is 0.405. The molecule has 0 aliphatic heterocycles. The average molecular weight is 515 g/mol. The highest BCUT2D eigenvalue weighted by Crippen LogP contribution is 2.23. The first-order valence-electron chi connectivity index (χ1n) is 9.37. The lowest BCUT2D eigenvalue weighted by Crippen LogP contribution is -2.23. The van der Waals surface area contributed by atoms with Gasteiger partial charge in [-0.3, -0.25) is 9.78 Å². The predicted molar refractivity (Wildman–Crippen MR) is 121 cm³/mol. The fourth-order valence-electron chi connectivity index (χ4n) is 3.05. The number of halogens is 2. The van der Waals surface area contributed by atoms with E-state index in [1.165, 1.54) is 24.3 Å². The number of pyridine rings is 3. The zero-order valence-electron chi connectivity index (χ0n) is 16.7. The lowest BCUT2D eigenvalue weighted by atomic mass is 10.2. The number of fused-ring (bicyclic) bond motifs is 1. The number of nitrogens with zero attached hydrogens (tertiary/aromatic N) is 3. The van der Waals surface area contributed by atoms with E-state index >= 15 is 0 Å². The number of sulfone groups is 1. The van der Waals surface area contributed by atoms with Crippen LogP contribution in [-0.2, 0) is 16.4 Å². The topological polar surface area (TPSA) is 102 Å². The fourth-order valence-corrected chi connectivity index (χ4v) is 4.94. The zero-order chi connectivity index (χ0) is 22.9. The standard InChI is InChI=1S/C22H16BrFN4O3S/c1-32(30,31)20-9-13(5-7-16(20)23)22(29)26-12-15-10-19-14(11-25-15)6-8-18(27-19)17-3-2-4-21(24)28-17/h2-11H,12H2,1H3,(H,26,29). The minimum Gasteiger partial charge on any atom is -0.346 e. The second-order valence-electron chi connectivity index (χ2n) is 7.01. The first-order chi connectivity index (χ1) is 15.2. The molecule has 0 saturated heterocycles. The van der Waals surface area contributed by atoms with Crippen LogP contribution in [0.1, 0.15) is 16.1 Å². The van der Waals surface area contributed by atoms with Crippen LogP contribution in [0.25, 0.3) is 22.3 Å². The van der Waals surface area contributed by atoms with E-state index in [2.05, 4.69) is 36.2 Å². The maximum atomic E-state index is 13.4. The van der Waals surface area contributed by atoms with Gasteiger partial charge in [0, 0.05) is 27.9 Å². The highest BCUT2D eigenvalue weighted by Gasteiger charge is 2.16. The Bertz CT molecular complexity index is 1460. The molecule has 7 nitrogen and oxygen atoms in total. The SMILES string of the molecule is CS(=O)(=O)c1cc(C(=O)NCc2cc3nc(-c4cccc(F)n4)ccc3cn2)ccc1Br. The van der Waals surface area contributed by atoms with Crippen LogP contribution in [0.3, 0.4) is 0 Å². The third-order valence-corrected chi connectivity index (χ3v) is 6.72. The van der Waals surface area contributed by atoms with E-state index in [-0.39, 0.29) is 17.0 Å². The molecule has 10 heteroatoms. The van der Waals surface area contributed by atoms with Crippen molar-refractivity contribution in [3.63, 3.8) is 0 Å². The van der Waals surface area contributed by atoms with Gasteiger partial charge in [-0.15, -0.1) is 0 Å². The number of rotatable bonds is 5. The molecular weight excluding hydrogens is 499 g/mol. The Balaban J connectivity index is 1.55. The number of benzene rings is 1. The Labute approximate surface area is 191 Å². The van der Waals surface area contributed by atoms with Crippen molar-refractivity contribution in [2.75, 3.05) is 6.26 Å². The molecular formula is C22H16BrFN4O3S. The van der Waals surface area contributed by atoms with Gasteiger partial charge >= 0.3 is 0 Å². The molecule has 0 fully saturated rings. The monoisotopic (exact) mass is 514 g/mol. The van der Waals surface area contributed by atoms with Crippen molar-refractivity contribution < 1.29 is 17.6 Å². The maximum Gasteiger partial charge on any atom is 0.251 e. The van der Waals surface area contributed by atoms with E-state index < -0.39 is 21.7 Å². The number of nitrogens with one attached hydrogen (secondary N) is 1. The molecule has 0 aliphatic carbocycles. The zero-order valence-corrected chi connectivity index (χ0v) is 19.1. The van der Waals surface area contributed by atoms with Crippen molar-refractivity contribution in [2.45, 2.75) is 11.4 Å². The summed E-state index contributed by atoms with van der Waals surface area (Å²) in [5, 5.41) is 3.51. The van der Waals surface area contributed by atoms with E-state index in [1.54, 1.807) is 30.5 Å². The third-order valence-electron chi connectivity index (χ3n) is 4.63. The van der Waals surface area contributed by atoms with Gasteiger partial charge in [-0.05, 0) is 64.5 Å². The van der Waals surface area contributed by atoms with Crippen molar-refractivity contribution in [1.82, 2.24) is 20.3 Å². The Morgan fingerprint density at radius 3 is 2.59 bits per heavy atom. The van der Waals surface area contributed by atoms with Crippen LogP contribution in [-0.4, -0.2) is 35.5 Å². The molecule has 1 aromatic carbocycles. The molecule has 0 saturated carbocycles. The van der Waals surface area contributed by atoms with Gasteiger partial charge in [0.2, 0.25) is 5.95 Å². The number of aromatic nitrogens is 3. The van der Waals surface area contributed by atoms with Gasteiger partial charge in [-0.2, -0.15) is 4.39 Å². The summed E-state index contributed by atoms with van der Waals surface area (Å²) in [7, 11) is -3.49. The first kappa shape index (κ1) is 22.0. The number of hydrogen-bond donors (Lipinski definition) is 1. The highest BCUT2D eigenvalue weighted by atomic mass is 79.9. The van der Waals surface area contributed by atoms with Gasteiger partial charge in [0.15, 0.2) is 9.84 Å². The summed E-state index contributed by atoms with van der Waals surface area (Å²) < 4.78 is 37.6. The summed E-state index contributed by atoms with van der Waals surface area (Å²) in [4.78, 5) is 25.3. The van der Waals surface area contributed by atoms with Gasteiger partial charge in [0.1, 0.15) is 0 Å². The van der Waals surface area contributed by atoms with Crippen molar-refractivity contribution in [3.05, 3.63) is 82.5 Å². The maximum absolute atomic E-state index is 13.4. The number of carbonyl (C=O) groups is 1. The Morgan fingerprint density at radius 1 is 1.06 bits per heavy atom. The number of amides is 1. The van der Waals surface area contributed by atoms with Crippen LogP contribution in [0.4, 0.5) is 4.39 Å². The van der Waals surface area contributed by atoms with Gasteiger partial charge in [-0.25, -0.2) is 18.4 Å². The van der Waals surface area contributed by atoms with Gasteiger partial charge < -0.3 is 5.32 Å². The predicted octanol–water partition coefficient (Wildman–Crippen LogP) is 3.93. The van der Waals surface area contributed by atoms with E-state index in [1.807, 2.05) is 6.07 Å². The largest absolute Gasteiger partial charge is 0.346 e. The molecule has 0 spiro atoms. The summed E-state index contributed by atoms with van der Waals surface area (Å²) in [6.45, 7) is 0.114. The Hall–Kier alpha value is -3.24. The molecule has 0 aliphatic rings. The van der Waals surface area contributed by atoms with Gasteiger partial charge in [0.25, 0.3) is 5.91 Å². The van der Waals surface area contributed by atoms with Crippen LogP contribution >= 0.6 is 15.9 Å². The van der Waals surface area contributed by atoms with Crippen LogP contribution < -0.4 is 5.32 Å². The van der Waals surface area contributed by atoms with E-state index in [0.29, 0.717) is 27.1 Å². The minimum atomic E-state index is -3.49. The lowest BCUT2D eigenvalue weighted by Gasteiger charge is -2.09. The molecule has 162 valence electrons. The van der Waals surface area contributed by atoms with Crippen molar-refractivity contribution in [3.8, 4) is 11.4 Å². The first-order valence-corrected chi connectivity index (χ1v) is 12.1. The molecule has 0 radical (unpaired) electrons. The fraction of sp³-hybridized carbons (Fsp3) is 0.0909. The van der Waals surface area contributed by atoms with Crippen LogP contribution in [0, 0.1) is 5.95 Å². The normalized spacial score (nSPS) is 11.5. The number of hydrogen-bond acceptors (Lipinski definition) is 6. The van der Waals surface area contributed by atoms with Crippen LogP contribution in [0.2, 0.25) is 0 Å². The van der Waals surface area contributed by atoms with E-state index in [0.717, 1.165) is 11.6 Å². The van der Waals surface area contributed by atoms with Crippen LogP contribution in [0.5, 0.6) is 0 Å². The average Bonchev–Trinajstić information content (AvgIpc) is 2.76. The van der Waals surface area contributed by atoms with Gasteiger partial charge in [0.05, 0.1) is 34.0 Å². The second kappa shape index (κ2) is 8.71. The molecule has 1 amide bonds. The Morgan fingerprint density at radius 2 is 1.84 bits per heavy atom. The molecule has 0 atom stereocenters. The number of carbonyl (C=O) groups excluding carboxylic acids is 1. The minimum absolute atomic E-state index is 0.0386. The molecule has 0 bridgehead atoms. The summed E-state index contributed by atoms with van der Waals surface area (Å²) in [6, 6.07) is 14.1. The third kappa shape index (κ3) is 4.81. The lowest BCUT2D eigenvalue weighted by molar-refractivity contribution is 0.0950. The van der Waals surface area contributed by atoms with E-state index in [4.69, 9.17) is 0 Å². The summed E-state index contributed by atoms with van der Waals surface area (Å²) in [6.07, 6.45) is 2.71. The van der Waals surface area contributed by atoms with E-state index in [9.17, 15) is 17.6 Å². The molecule has 1 N–H and O–H groups in total. The summed E-state index contributed by atoms with van der Waals surface area (Å²) >= 11 is 3.19. The van der Waals surface area contributed by atoms with Crippen LogP contribution in [0.15, 0.2) is 70.2 Å². The molecule has 0 unspecified atom stereocenters.